The van der Waals surface area contributed by atoms with Crippen molar-refractivity contribution in [1.29, 1.82) is 0 Å². The van der Waals surface area contributed by atoms with Gasteiger partial charge in [0, 0.05) is 32.4 Å². The minimum absolute atomic E-state index is 0.213. The van der Waals surface area contributed by atoms with E-state index in [-0.39, 0.29) is 17.6 Å². The molecule has 1 aromatic heterocycles. The fourth-order valence-electron chi connectivity index (χ4n) is 3.55. The Morgan fingerprint density at radius 1 is 1.20 bits per heavy atom. The summed E-state index contributed by atoms with van der Waals surface area (Å²) in [6.07, 6.45) is 4.26. The fourth-order valence-corrected chi connectivity index (χ4v) is 3.55. The van der Waals surface area contributed by atoms with Crippen LogP contribution in [0, 0.1) is 0 Å². The van der Waals surface area contributed by atoms with Gasteiger partial charge in [0.15, 0.2) is 5.79 Å². The summed E-state index contributed by atoms with van der Waals surface area (Å²) in [5, 5.41) is 5.48. The number of anilines is 2. The number of piperidine rings is 2. The Balaban J connectivity index is 1.34. The zero-order valence-electron chi connectivity index (χ0n) is 14.0. The van der Waals surface area contributed by atoms with Gasteiger partial charge >= 0.3 is 0 Å². The van der Waals surface area contributed by atoms with Gasteiger partial charge in [-0.3, -0.25) is 14.9 Å². The summed E-state index contributed by atoms with van der Waals surface area (Å²) in [4.78, 5) is 29.7. The van der Waals surface area contributed by atoms with E-state index < -0.39 is 6.04 Å². The number of carbonyl (C=O) groups excluding carboxylic acids is 2. The van der Waals surface area contributed by atoms with E-state index in [1.807, 2.05) is 12.1 Å². The summed E-state index contributed by atoms with van der Waals surface area (Å²) in [6, 6.07) is 3.47. The predicted molar refractivity (Wildman–Crippen MR) is 90.1 cm³/mol. The van der Waals surface area contributed by atoms with Crippen molar-refractivity contribution in [2.24, 2.45) is 0 Å². The van der Waals surface area contributed by atoms with E-state index in [0.717, 1.165) is 37.4 Å². The summed E-state index contributed by atoms with van der Waals surface area (Å²) >= 11 is 0. The Hall–Kier alpha value is -2.19. The third kappa shape index (κ3) is 3.45. The lowest BCUT2D eigenvalue weighted by atomic mass is 10.0. The molecule has 0 bridgehead atoms. The highest BCUT2D eigenvalue weighted by molar-refractivity contribution is 6.01. The third-order valence-electron chi connectivity index (χ3n) is 4.99. The molecule has 0 saturated carbocycles. The standard InChI is InChI=1S/C17H22N4O4/c22-15-4-2-13(16(23)20-15)19-12-1-3-14(18-11-12)21-7-5-17(6-8-21)24-9-10-25-17/h1,3,11,13,19H,2,4-10H2,(H,20,22,23). The van der Waals surface area contributed by atoms with Crippen LogP contribution < -0.4 is 15.5 Å². The molecule has 3 saturated heterocycles. The molecule has 4 rings (SSSR count). The van der Waals surface area contributed by atoms with E-state index in [9.17, 15) is 9.59 Å². The number of hydrogen-bond acceptors (Lipinski definition) is 7. The van der Waals surface area contributed by atoms with Gasteiger partial charge in [-0.15, -0.1) is 0 Å². The zero-order valence-corrected chi connectivity index (χ0v) is 14.0. The molecule has 0 aromatic carbocycles. The number of pyridine rings is 1. The van der Waals surface area contributed by atoms with Crippen LogP contribution >= 0.6 is 0 Å². The summed E-state index contributed by atoms with van der Waals surface area (Å²) in [7, 11) is 0. The molecule has 1 atom stereocenters. The van der Waals surface area contributed by atoms with Crippen LogP contribution in [-0.4, -0.2) is 54.9 Å². The molecule has 2 N–H and O–H groups in total. The van der Waals surface area contributed by atoms with Crippen LogP contribution in [0.4, 0.5) is 11.5 Å². The van der Waals surface area contributed by atoms with Gasteiger partial charge in [0.05, 0.1) is 25.1 Å². The van der Waals surface area contributed by atoms with Gasteiger partial charge in [0.1, 0.15) is 11.9 Å². The van der Waals surface area contributed by atoms with Gasteiger partial charge in [-0.2, -0.15) is 0 Å². The van der Waals surface area contributed by atoms with Gasteiger partial charge < -0.3 is 19.7 Å². The minimum atomic E-state index is -0.392. The molecule has 4 heterocycles. The SMILES string of the molecule is O=C1CCC(Nc2ccc(N3CCC4(CC3)OCCO4)nc2)C(=O)N1. The van der Waals surface area contributed by atoms with Crippen LogP contribution in [0.2, 0.25) is 0 Å². The highest BCUT2D eigenvalue weighted by atomic mass is 16.7. The van der Waals surface area contributed by atoms with Crippen molar-refractivity contribution >= 4 is 23.3 Å². The number of nitrogens with one attached hydrogen (secondary N) is 2. The Labute approximate surface area is 145 Å². The van der Waals surface area contributed by atoms with Crippen LogP contribution in [0.3, 0.4) is 0 Å². The van der Waals surface area contributed by atoms with Crippen molar-refractivity contribution in [3.63, 3.8) is 0 Å². The Bertz CT molecular complexity index is 647. The molecular weight excluding hydrogens is 324 g/mol. The van der Waals surface area contributed by atoms with E-state index in [0.29, 0.717) is 26.1 Å². The first kappa shape index (κ1) is 16.3. The molecule has 1 spiro atoms. The average molecular weight is 346 g/mol. The summed E-state index contributed by atoms with van der Waals surface area (Å²) in [5.41, 5.74) is 0.772. The number of rotatable bonds is 3. The molecule has 134 valence electrons. The van der Waals surface area contributed by atoms with E-state index in [1.165, 1.54) is 0 Å². The Morgan fingerprint density at radius 2 is 1.96 bits per heavy atom. The van der Waals surface area contributed by atoms with Crippen molar-refractivity contribution in [3.8, 4) is 0 Å². The van der Waals surface area contributed by atoms with E-state index in [4.69, 9.17) is 9.47 Å². The number of hydrogen-bond donors (Lipinski definition) is 2. The predicted octanol–water partition coefficient (Wildman–Crippen LogP) is 0.642. The number of imide groups is 1. The number of carbonyl (C=O) groups is 2. The highest BCUT2D eigenvalue weighted by Crippen LogP contribution is 2.32. The normalized spacial score (nSPS) is 25.9. The summed E-state index contributed by atoms with van der Waals surface area (Å²) < 4.78 is 11.5. The van der Waals surface area contributed by atoms with Crippen molar-refractivity contribution in [3.05, 3.63) is 18.3 Å². The van der Waals surface area contributed by atoms with Crippen LogP contribution in [-0.2, 0) is 19.1 Å². The second-order valence-corrected chi connectivity index (χ2v) is 6.65. The maximum atomic E-state index is 11.8. The molecule has 3 aliphatic heterocycles. The lowest BCUT2D eigenvalue weighted by molar-refractivity contribution is -0.169. The first-order valence-corrected chi connectivity index (χ1v) is 8.73. The van der Waals surface area contributed by atoms with Gasteiger partial charge in [-0.1, -0.05) is 0 Å². The molecule has 3 aliphatic rings. The van der Waals surface area contributed by atoms with E-state index in [1.54, 1.807) is 6.20 Å². The second-order valence-electron chi connectivity index (χ2n) is 6.65. The Kier molecular flexibility index (Phi) is 4.30. The third-order valence-corrected chi connectivity index (χ3v) is 4.99. The second kappa shape index (κ2) is 6.61. The van der Waals surface area contributed by atoms with Gasteiger partial charge in [0.2, 0.25) is 11.8 Å². The summed E-state index contributed by atoms with van der Waals surface area (Å²) in [5.74, 6) is 0.0264. The lowest BCUT2D eigenvalue weighted by Crippen LogP contribution is -2.47. The number of amides is 2. The van der Waals surface area contributed by atoms with E-state index >= 15 is 0 Å². The van der Waals surface area contributed by atoms with Crippen LogP contribution in [0.15, 0.2) is 18.3 Å². The first-order chi connectivity index (χ1) is 12.1. The Morgan fingerprint density at radius 3 is 2.60 bits per heavy atom. The molecule has 1 unspecified atom stereocenters. The van der Waals surface area contributed by atoms with E-state index in [2.05, 4.69) is 20.5 Å². The number of aromatic nitrogens is 1. The summed E-state index contributed by atoms with van der Waals surface area (Å²) in [6.45, 7) is 3.04. The van der Waals surface area contributed by atoms with Crippen LogP contribution in [0.25, 0.3) is 0 Å². The molecule has 0 aliphatic carbocycles. The maximum Gasteiger partial charge on any atom is 0.249 e. The highest BCUT2D eigenvalue weighted by Gasteiger charge is 2.40. The molecule has 8 nitrogen and oxygen atoms in total. The lowest BCUT2D eigenvalue weighted by Gasteiger charge is -2.38. The monoisotopic (exact) mass is 346 g/mol. The molecular formula is C17H22N4O4. The molecule has 25 heavy (non-hydrogen) atoms. The van der Waals surface area contributed by atoms with Crippen LogP contribution in [0.1, 0.15) is 25.7 Å². The smallest absolute Gasteiger partial charge is 0.249 e. The van der Waals surface area contributed by atoms with Gasteiger partial charge in [-0.05, 0) is 18.6 Å². The number of ether oxygens (including phenoxy) is 2. The first-order valence-electron chi connectivity index (χ1n) is 8.73. The van der Waals surface area contributed by atoms with Crippen LogP contribution in [0.5, 0.6) is 0 Å². The molecule has 2 amide bonds. The van der Waals surface area contributed by atoms with Crippen molar-refractivity contribution in [1.82, 2.24) is 10.3 Å². The molecule has 3 fully saturated rings. The van der Waals surface area contributed by atoms with Crippen molar-refractivity contribution < 1.29 is 19.1 Å². The molecule has 8 heteroatoms. The van der Waals surface area contributed by atoms with Crippen molar-refractivity contribution in [2.75, 3.05) is 36.5 Å². The largest absolute Gasteiger partial charge is 0.372 e. The minimum Gasteiger partial charge on any atom is -0.372 e. The van der Waals surface area contributed by atoms with Gasteiger partial charge in [-0.25, -0.2) is 4.98 Å². The van der Waals surface area contributed by atoms with Gasteiger partial charge in [0.25, 0.3) is 0 Å². The zero-order chi connectivity index (χ0) is 17.3. The number of nitrogens with zero attached hydrogens (tertiary/aromatic N) is 2. The topological polar surface area (TPSA) is 92.8 Å². The molecule has 0 radical (unpaired) electrons. The fraction of sp³-hybridized carbons (Fsp3) is 0.588. The molecule has 1 aromatic rings. The quantitative estimate of drug-likeness (QED) is 0.776. The average Bonchev–Trinajstić information content (AvgIpc) is 3.07. The van der Waals surface area contributed by atoms with Crippen molar-refractivity contribution in [2.45, 2.75) is 37.5 Å². The maximum absolute atomic E-state index is 11.8.